The third kappa shape index (κ3) is 6.25. The summed E-state index contributed by atoms with van der Waals surface area (Å²) in [6, 6.07) is 79.2. The highest BCUT2D eigenvalue weighted by Crippen LogP contribution is 2.49. The third-order valence-corrected chi connectivity index (χ3v) is 13.3. The Labute approximate surface area is 367 Å². The molecule has 0 N–H and O–H groups in total. The molecule has 0 spiro atoms. The van der Waals surface area contributed by atoms with Gasteiger partial charge in [-0.15, -0.1) is 0 Å². The van der Waals surface area contributed by atoms with Crippen LogP contribution in [-0.4, -0.2) is 9.97 Å². The second-order valence-corrected chi connectivity index (χ2v) is 17.4. The molecule has 0 amide bonds. The van der Waals surface area contributed by atoms with E-state index in [9.17, 15) is 0 Å². The van der Waals surface area contributed by atoms with Gasteiger partial charge in [-0.1, -0.05) is 202 Å². The first kappa shape index (κ1) is 36.9. The van der Waals surface area contributed by atoms with Crippen LogP contribution in [0.2, 0.25) is 0 Å². The monoisotopic (exact) mass is 802 g/mol. The van der Waals surface area contributed by atoms with Crippen molar-refractivity contribution in [2.75, 3.05) is 0 Å². The summed E-state index contributed by atoms with van der Waals surface area (Å²) in [4.78, 5) is 10.4. The van der Waals surface area contributed by atoms with Gasteiger partial charge in [0.1, 0.15) is 0 Å². The largest absolute Gasteiger partial charge is 0.228 e. The number of aromatic nitrogens is 2. The second-order valence-electron chi connectivity index (χ2n) is 17.4. The minimum absolute atomic E-state index is 0.0470. The van der Waals surface area contributed by atoms with Gasteiger partial charge in [0.2, 0.25) is 0 Å². The summed E-state index contributed by atoms with van der Waals surface area (Å²) in [5.41, 5.74) is 17.4. The maximum absolute atomic E-state index is 5.21. The van der Waals surface area contributed by atoms with E-state index in [-0.39, 0.29) is 5.41 Å². The molecular weight excluding hydrogens is 761 g/mol. The van der Waals surface area contributed by atoms with E-state index in [0.717, 1.165) is 39.2 Å². The van der Waals surface area contributed by atoms with Gasteiger partial charge in [0, 0.05) is 22.1 Å². The minimum atomic E-state index is -0.0470. The zero-order valence-corrected chi connectivity index (χ0v) is 35.2. The fourth-order valence-electron chi connectivity index (χ4n) is 10.0. The predicted octanol–water partition coefficient (Wildman–Crippen LogP) is 16.2. The minimum Gasteiger partial charge on any atom is -0.228 e. The van der Waals surface area contributed by atoms with Crippen LogP contribution < -0.4 is 0 Å². The van der Waals surface area contributed by atoms with Crippen LogP contribution in [0.25, 0.3) is 111 Å². The third-order valence-electron chi connectivity index (χ3n) is 13.3. The van der Waals surface area contributed by atoms with Gasteiger partial charge in [0.05, 0.1) is 11.4 Å². The number of hydrogen-bond donors (Lipinski definition) is 0. The summed E-state index contributed by atoms with van der Waals surface area (Å²) in [6.07, 6.45) is 0. The number of rotatable bonds is 6. The molecule has 1 heterocycles. The molecule has 63 heavy (non-hydrogen) atoms. The standard InChI is InChI=1S/C61H42N2/c1-61(2)55-25-11-10-24-51(55)52-32-31-45(37-56(52)61)39-26-28-41(29-27-39)57-38-58(63-60(62-57)42-15-4-3-5-16-42)47-20-12-18-43(34-47)44-19-13-21-48(35-44)59-50-23-9-7-17-46(50)36-54-49-22-8-6-14-40(49)30-33-53(54)59/h3-38H,1-2H3. The van der Waals surface area contributed by atoms with E-state index < -0.39 is 0 Å². The van der Waals surface area contributed by atoms with Crippen LogP contribution in [0.5, 0.6) is 0 Å². The molecule has 0 radical (unpaired) electrons. The summed E-state index contributed by atoms with van der Waals surface area (Å²) >= 11 is 0. The molecule has 1 aliphatic rings. The van der Waals surface area contributed by atoms with Crippen LogP contribution in [0, 0.1) is 0 Å². The highest BCUT2D eigenvalue weighted by atomic mass is 14.9. The molecule has 1 aliphatic carbocycles. The first-order valence-corrected chi connectivity index (χ1v) is 21.8. The lowest BCUT2D eigenvalue weighted by atomic mass is 9.81. The number of fused-ring (bicyclic) bond motifs is 7. The van der Waals surface area contributed by atoms with Crippen molar-refractivity contribution < 1.29 is 0 Å². The van der Waals surface area contributed by atoms with Crippen LogP contribution in [0.3, 0.4) is 0 Å². The second kappa shape index (κ2) is 14.6. The summed E-state index contributed by atoms with van der Waals surface area (Å²) in [5, 5.41) is 7.56. The SMILES string of the molecule is CC1(C)c2ccccc2-c2ccc(-c3ccc(-c4cc(-c5cccc(-c6cccc(-c7c8ccccc8cc8c7ccc7ccccc78)c6)c5)nc(-c5ccccc5)n4)cc3)cc21. The molecule has 11 aromatic rings. The molecule has 2 nitrogen and oxygen atoms in total. The van der Waals surface area contributed by atoms with Gasteiger partial charge < -0.3 is 0 Å². The van der Waals surface area contributed by atoms with Gasteiger partial charge >= 0.3 is 0 Å². The van der Waals surface area contributed by atoms with Crippen molar-refractivity contribution >= 4 is 32.3 Å². The lowest BCUT2D eigenvalue weighted by Gasteiger charge is -2.22. The molecule has 12 rings (SSSR count). The van der Waals surface area contributed by atoms with E-state index in [2.05, 4.69) is 214 Å². The maximum Gasteiger partial charge on any atom is 0.160 e. The molecule has 0 bridgehead atoms. The molecule has 0 saturated heterocycles. The Balaban J connectivity index is 0.926. The van der Waals surface area contributed by atoms with Gasteiger partial charge in [0.15, 0.2) is 5.82 Å². The Morgan fingerprint density at radius 2 is 0.873 bits per heavy atom. The van der Waals surface area contributed by atoms with Gasteiger partial charge in [0.25, 0.3) is 0 Å². The average molecular weight is 803 g/mol. The van der Waals surface area contributed by atoms with Crippen molar-refractivity contribution in [3.05, 3.63) is 230 Å². The van der Waals surface area contributed by atoms with Gasteiger partial charge in [-0.2, -0.15) is 0 Å². The Bertz CT molecular complexity index is 3580. The lowest BCUT2D eigenvalue weighted by Crippen LogP contribution is -2.14. The predicted molar refractivity (Wildman–Crippen MR) is 265 cm³/mol. The van der Waals surface area contributed by atoms with Gasteiger partial charge in [-0.05, 0) is 118 Å². The first-order chi connectivity index (χ1) is 31.0. The average Bonchev–Trinajstić information content (AvgIpc) is 3.58. The van der Waals surface area contributed by atoms with E-state index >= 15 is 0 Å². The van der Waals surface area contributed by atoms with Crippen molar-refractivity contribution in [3.63, 3.8) is 0 Å². The number of nitrogens with zero attached hydrogens (tertiary/aromatic N) is 2. The molecule has 10 aromatic carbocycles. The number of hydrogen-bond acceptors (Lipinski definition) is 2. The topological polar surface area (TPSA) is 25.8 Å². The zero-order valence-electron chi connectivity index (χ0n) is 35.2. The van der Waals surface area contributed by atoms with Crippen molar-refractivity contribution in [3.8, 4) is 78.4 Å². The fourth-order valence-corrected chi connectivity index (χ4v) is 10.0. The molecule has 296 valence electrons. The molecular formula is C61H42N2. The highest BCUT2D eigenvalue weighted by Gasteiger charge is 2.35. The van der Waals surface area contributed by atoms with E-state index in [0.29, 0.717) is 5.82 Å². The molecule has 2 heteroatoms. The molecule has 1 aromatic heterocycles. The molecule has 0 atom stereocenters. The van der Waals surface area contributed by atoms with Crippen molar-refractivity contribution in [1.29, 1.82) is 0 Å². The fraction of sp³-hybridized carbons (Fsp3) is 0.0492. The summed E-state index contributed by atoms with van der Waals surface area (Å²) in [5.74, 6) is 0.704. The Morgan fingerprint density at radius 3 is 1.68 bits per heavy atom. The van der Waals surface area contributed by atoms with Crippen LogP contribution in [-0.2, 0) is 5.41 Å². The van der Waals surface area contributed by atoms with Crippen molar-refractivity contribution in [2.24, 2.45) is 0 Å². The summed E-state index contributed by atoms with van der Waals surface area (Å²) in [7, 11) is 0. The normalized spacial score (nSPS) is 12.7. The quantitative estimate of drug-likeness (QED) is 0.124. The maximum atomic E-state index is 5.21. The van der Waals surface area contributed by atoms with Crippen LogP contribution in [0.1, 0.15) is 25.0 Å². The van der Waals surface area contributed by atoms with E-state index in [1.54, 1.807) is 0 Å². The Morgan fingerprint density at radius 1 is 0.302 bits per heavy atom. The molecule has 0 saturated carbocycles. The molecule has 0 aliphatic heterocycles. The smallest absolute Gasteiger partial charge is 0.160 e. The van der Waals surface area contributed by atoms with E-state index in [4.69, 9.17) is 9.97 Å². The summed E-state index contributed by atoms with van der Waals surface area (Å²) < 4.78 is 0. The Kier molecular flexibility index (Phi) is 8.55. The molecule has 0 unspecified atom stereocenters. The zero-order chi connectivity index (χ0) is 42.1. The van der Waals surface area contributed by atoms with Crippen molar-refractivity contribution in [1.82, 2.24) is 9.97 Å². The van der Waals surface area contributed by atoms with Gasteiger partial charge in [-0.25, -0.2) is 9.97 Å². The number of benzene rings is 10. The van der Waals surface area contributed by atoms with Crippen molar-refractivity contribution in [2.45, 2.75) is 19.3 Å². The lowest BCUT2D eigenvalue weighted by molar-refractivity contribution is 0.660. The van der Waals surface area contributed by atoms with E-state index in [1.807, 2.05) is 18.2 Å². The summed E-state index contributed by atoms with van der Waals surface area (Å²) in [6.45, 7) is 4.67. The van der Waals surface area contributed by atoms with Crippen LogP contribution >= 0.6 is 0 Å². The highest BCUT2D eigenvalue weighted by molar-refractivity contribution is 6.20. The first-order valence-electron chi connectivity index (χ1n) is 21.8. The molecule has 0 fully saturated rings. The van der Waals surface area contributed by atoms with Crippen LogP contribution in [0.15, 0.2) is 218 Å². The van der Waals surface area contributed by atoms with E-state index in [1.165, 1.54) is 76.8 Å². The van der Waals surface area contributed by atoms with Crippen LogP contribution in [0.4, 0.5) is 0 Å². The Hall–Kier alpha value is -7.94. The van der Waals surface area contributed by atoms with Gasteiger partial charge in [-0.3, -0.25) is 0 Å².